The lowest BCUT2D eigenvalue weighted by molar-refractivity contribution is 0.391. The van der Waals surface area contributed by atoms with E-state index < -0.39 is 0 Å². The van der Waals surface area contributed by atoms with Crippen molar-refractivity contribution < 1.29 is 4.74 Å². The Hall–Kier alpha value is -0.500. The van der Waals surface area contributed by atoms with Crippen LogP contribution in [0.1, 0.15) is 25.0 Å². The Kier molecular flexibility index (Phi) is 2.34. The molecular formula is C12H15BrO. The number of halogens is 1. The summed E-state index contributed by atoms with van der Waals surface area (Å²) >= 11 is 3.61. The Morgan fingerprint density at radius 2 is 2.00 bits per heavy atom. The van der Waals surface area contributed by atoms with Gasteiger partial charge in [-0.15, -0.1) is 0 Å². The lowest BCUT2D eigenvalue weighted by Crippen LogP contribution is -2.09. The molecule has 2 heteroatoms. The van der Waals surface area contributed by atoms with Crippen molar-refractivity contribution >= 4 is 15.9 Å². The summed E-state index contributed by atoms with van der Waals surface area (Å²) in [6.07, 6.45) is 2.31. The third kappa shape index (κ3) is 1.68. The summed E-state index contributed by atoms with van der Waals surface area (Å²) in [5, 5.41) is 0. The van der Waals surface area contributed by atoms with E-state index in [1.807, 2.05) is 0 Å². The smallest absolute Gasteiger partial charge is 0.120 e. The van der Waals surface area contributed by atoms with Gasteiger partial charge in [-0.1, -0.05) is 29.8 Å². The molecule has 0 aliphatic heterocycles. The van der Waals surface area contributed by atoms with Crippen LogP contribution in [0.4, 0.5) is 0 Å². The van der Waals surface area contributed by atoms with Crippen molar-refractivity contribution in [2.45, 2.75) is 26.7 Å². The number of hydrogen-bond acceptors (Lipinski definition) is 1. The van der Waals surface area contributed by atoms with Crippen LogP contribution in [0.15, 0.2) is 16.6 Å². The highest BCUT2D eigenvalue weighted by Gasteiger charge is 2.30. The summed E-state index contributed by atoms with van der Waals surface area (Å²) in [5.41, 5.74) is 3.29. The molecule has 0 saturated heterocycles. The van der Waals surface area contributed by atoms with Crippen LogP contribution in [-0.4, -0.2) is 7.11 Å². The van der Waals surface area contributed by atoms with Crippen LogP contribution in [-0.2, 0) is 12.8 Å². The first-order valence-electron chi connectivity index (χ1n) is 4.87. The van der Waals surface area contributed by atoms with Crippen LogP contribution in [0.5, 0.6) is 5.75 Å². The minimum atomic E-state index is 0.400. The van der Waals surface area contributed by atoms with Crippen LogP contribution in [0.3, 0.4) is 0 Å². The van der Waals surface area contributed by atoms with Gasteiger partial charge in [-0.25, -0.2) is 0 Å². The molecule has 0 spiro atoms. The van der Waals surface area contributed by atoms with Gasteiger partial charge in [-0.3, -0.25) is 0 Å². The highest BCUT2D eigenvalue weighted by atomic mass is 79.9. The van der Waals surface area contributed by atoms with Crippen molar-refractivity contribution in [1.29, 1.82) is 0 Å². The maximum absolute atomic E-state index is 5.26. The van der Waals surface area contributed by atoms with Crippen LogP contribution in [0, 0.1) is 5.41 Å². The summed E-state index contributed by atoms with van der Waals surface area (Å²) in [5.74, 6) is 0.952. The van der Waals surface area contributed by atoms with Gasteiger partial charge in [0.05, 0.1) is 7.11 Å². The van der Waals surface area contributed by atoms with Crippen molar-refractivity contribution in [3.05, 3.63) is 27.7 Å². The molecule has 1 nitrogen and oxygen atoms in total. The molecular weight excluding hydrogens is 240 g/mol. The first-order chi connectivity index (χ1) is 6.52. The van der Waals surface area contributed by atoms with Gasteiger partial charge < -0.3 is 4.74 Å². The van der Waals surface area contributed by atoms with E-state index in [1.54, 1.807) is 7.11 Å². The van der Waals surface area contributed by atoms with Crippen molar-refractivity contribution in [1.82, 2.24) is 0 Å². The SMILES string of the molecule is COc1cc(Br)c2c(c1)CC(C)(C)C2. The minimum Gasteiger partial charge on any atom is -0.497 e. The van der Waals surface area contributed by atoms with Gasteiger partial charge >= 0.3 is 0 Å². The molecule has 1 aliphatic carbocycles. The zero-order valence-electron chi connectivity index (χ0n) is 8.86. The van der Waals surface area contributed by atoms with E-state index in [9.17, 15) is 0 Å². The van der Waals surface area contributed by atoms with Gasteiger partial charge in [-0.05, 0) is 41.5 Å². The number of rotatable bonds is 1. The largest absolute Gasteiger partial charge is 0.497 e. The van der Waals surface area contributed by atoms with E-state index in [1.165, 1.54) is 15.6 Å². The first-order valence-corrected chi connectivity index (χ1v) is 5.66. The molecule has 1 aromatic carbocycles. The lowest BCUT2D eigenvalue weighted by atomic mass is 9.90. The summed E-state index contributed by atoms with van der Waals surface area (Å²) in [7, 11) is 1.72. The van der Waals surface area contributed by atoms with Gasteiger partial charge in [0.1, 0.15) is 5.75 Å². The van der Waals surface area contributed by atoms with E-state index in [0.717, 1.165) is 18.6 Å². The Balaban J connectivity index is 2.47. The second-order valence-corrected chi connectivity index (χ2v) is 5.62. The van der Waals surface area contributed by atoms with E-state index in [2.05, 4.69) is 41.9 Å². The number of fused-ring (bicyclic) bond motifs is 1. The van der Waals surface area contributed by atoms with Gasteiger partial charge in [0, 0.05) is 4.47 Å². The molecule has 0 bridgehead atoms. The molecule has 0 aromatic heterocycles. The highest BCUT2D eigenvalue weighted by Crippen LogP contribution is 2.41. The van der Waals surface area contributed by atoms with Crippen LogP contribution in [0.2, 0.25) is 0 Å². The fraction of sp³-hybridized carbons (Fsp3) is 0.500. The number of hydrogen-bond donors (Lipinski definition) is 0. The number of benzene rings is 1. The maximum Gasteiger partial charge on any atom is 0.120 e. The molecule has 1 aliphatic rings. The predicted octanol–water partition coefficient (Wildman–Crippen LogP) is 3.58. The van der Waals surface area contributed by atoms with E-state index in [-0.39, 0.29) is 0 Å². The molecule has 0 radical (unpaired) electrons. The normalized spacial score (nSPS) is 18.0. The predicted molar refractivity (Wildman–Crippen MR) is 61.9 cm³/mol. The number of ether oxygens (including phenoxy) is 1. The summed E-state index contributed by atoms with van der Waals surface area (Å²) in [6, 6.07) is 4.22. The van der Waals surface area contributed by atoms with Crippen molar-refractivity contribution in [2.24, 2.45) is 5.41 Å². The highest BCUT2D eigenvalue weighted by molar-refractivity contribution is 9.10. The third-order valence-corrected chi connectivity index (χ3v) is 3.53. The van der Waals surface area contributed by atoms with Crippen LogP contribution >= 0.6 is 15.9 Å². The van der Waals surface area contributed by atoms with Crippen molar-refractivity contribution in [3.63, 3.8) is 0 Å². The molecule has 1 aromatic rings. The molecule has 0 unspecified atom stereocenters. The molecule has 76 valence electrons. The summed E-state index contributed by atoms with van der Waals surface area (Å²) < 4.78 is 6.45. The average molecular weight is 255 g/mol. The summed E-state index contributed by atoms with van der Waals surface area (Å²) in [6.45, 7) is 4.62. The fourth-order valence-corrected chi connectivity index (χ4v) is 2.82. The number of methoxy groups -OCH3 is 1. The van der Waals surface area contributed by atoms with Gasteiger partial charge in [-0.2, -0.15) is 0 Å². The minimum absolute atomic E-state index is 0.400. The maximum atomic E-state index is 5.26. The third-order valence-electron chi connectivity index (χ3n) is 2.82. The standard InChI is InChI=1S/C12H15BrO/c1-12(2)6-8-4-9(14-3)5-11(13)10(8)7-12/h4-5H,6-7H2,1-3H3. The van der Waals surface area contributed by atoms with Crippen molar-refractivity contribution in [2.75, 3.05) is 7.11 Å². The molecule has 0 N–H and O–H groups in total. The Morgan fingerprint density at radius 1 is 1.29 bits per heavy atom. The summed E-state index contributed by atoms with van der Waals surface area (Å²) in [4.78, 5) is 0. The molecule has 14 heavy (non-hydrogen) atoms. The van der Waals surface area contributed by atoms with E-state index >= 15 is 0 Å². The second-order valence-electron chi connectivity index (χ2n) is 4.76. The first kappa shape index (κ1) is 10.0. The quantitative estimate of drug-likeness (QED) is 0.745. The molecule has 0 atom stereocenters. The monoisotopic (exact) mass is 254 g/mol. The molecule has 0 amide bonds. The van der Waals surface area contributed by atoms with Gasteiger partial charge in [0.15, 0.2) is 0 Å². The Bertz CT molecular complexity index is 369. The van der Waals surface area contributed by atoms with E-state index in [0.29, 0.717) is 5.41 Å². The average Bonchev–Trinajstić information content (AvgIpc) is 2.40. The topological polar surface area (TPSA) is 9.23 Å². The Morgan fingerprint density at radius 3 is 2.64 bits per heavy atom. The van der Waals surface area contributed by atoms with Gasteiger partial charge in [0.2, 0.25) is 0 Å². The zero-order chi connectivity index (χ0) is 10.3. The Labute approximate surface area is 93.6 Å². The molecule has 0 heterocycles. The fourth-order valence-electron chi connectivity index (χ4n) is 2.20. The molecule has 0 fully saturated rings. The molecule has 0 saturated carbocycles. The van der Waals surface area contributed by atoms with Crippen LogP contribution in [0.25, 0.3) is 0 Å². The van der Waals surface area contributed by atoms with E-state index in [4.69, 9.17) is 4.74 Å². The van der Waals surface area contributed by atoms with Crippen LogP contribution < -0.4 is 4.74 Å². The zero-order valence-corrected chi connectivity index (χ0v) is 10.4. The van der Waals surface area contributed by atoms with Gasteiger partial charge in [0.25, 0.3) is 0 Å². The molecule has 2 rings (SSSR count). The second kappa shape index (κ2) is 3.27. The van der Waals surface area contributed by atoms with Crippen molar-refractivity contribution in [3.8, 4) is 5.75 Å². The lowest BCUT2D eigenvalue weighted by Gasteiger charge is -2.14.